The monoisotopic (exact) mass is 279 g/mol. The summed E-state index contributed by atoms with van der Waals surface area (Å²) >= 11 is 0. The van der Waals surface area contributed by atoms with Gasteiger partial charge in [0.2, 0.25) is 0 Å². The Hall–Kier alpha value is -0.910. The zero-order valence-electron chi connectivity index (χ0n) is 12.5. The van der Waals surface area contributed by atoms with Crippen molar-refractivity contribution < 1.29 is 9.47 Å². The van der Waals surface area contributed by atoms with Gasteiger partial charge < -0.3 is 14.4 Å². The summed E-state index contributed by atoms with van der Waals surface area (Å²) < 4.78 is 13.4. The Kier molecular flexibility index (Phi) is 4.10. The van der Waals surface area contributed by atoms with E-state index in [1.807, 2.05) is 17.9 Å². The predicted octanol–water partition coefficient (Wildman–Crippen LogP) is 1.58. The molecule has 0 N–H and O–H groups in total. The number of rotatable bonds is 4. The molecule has 0 aromatic carbocycles. The number of nitrogens with zero attached hydrogens (tertiary/aromatic N) is 3. The van der Waals surface area contributed by atoms with Gasteiger partial charge in [0.1, 0.15) is 0 Å². The zero-order chi connectivity index (χ0) is 14.0. The van der Waals surface area contributed by atoms with Crippen LogP contribution in [0.15, 0.2) is 12.4 Å². The summed E-state index contributed by atoms with van der Waals surface area (Å²) in [4.78, 5) is 2.48. The first-order chi connectivity index (χ1) is 9.67. The van der Waals surface area contributed by atoms with Crippen LogP contribution in [0.25, 0.3) is 0 Å². The van der Waals surface area contributed by atoms with Gasteiger partial charge in [-0.1, -0.05) is 0 Å². The standard InChI is InChI=1S/C15H25N3O2/c1-17(8-5-13-11-16-18(2)12-13)14-3-6-15(7-4-14)19-9-10-20-15/h11-12,14H,3-10H2,1-2H3. The highest BCUT2D eigenvalue weighted by atomic mass is 16.7. The lowest BCUT2D eigenvalue weighted by molar-refractivity contribution is -0.183. The number of likely N-dealkylation sites (N-methyl/N-ethyl adjacent to an activating group) is 1. The summed E-state index contributed by atoms with van der Waals surface area (Å²) in [6.45, 7) is 2.62. The van der Waals surface area contributed by atoms with Crippen molar-refractivity contribution in [3.8, 4) is 0 Å². The van der Waals surface area contributed by atoms with E-state index in [0.717, 1.165) is 39.0 Å². The Morgan fingerprint density at radius 3 is 2.65 bits per heavy atom. The van der Waals surface area contributed by atoms with E-state index < -0.39 is 0 Å². The van der Waals surface area contributed by atoms with Gasteiger partial charge in [-0.3, -0.25) is 4.68 Å². The van der Waals surface area contributed by atoms with Crippen LogP contribution < -0.4 is 0 Å². The molecule has 1 saturated carbocycles. The Bertz CT molecular complexity index is 430. The third-order valence-electron chi connectivity index (χ3n) is 4.67. The van der Waals surface area contributed by atoms with E-state index in [0.29, 0.717) is 6.04 Å². The summed E-state index contributed by atoms with van der Waals surface area (Å²) in [5.41, 5.74) is 1.31. The van der Waals surface area contributed by atoms with Crippen LogP contribution in [0.1, 0.15) is 31.2 Å². The molecule has 0 amide bonds. The normalized spacial score (nSPS) is 22.9. The van der Waals surface area contributed by atoms with Crippen molar-refractivity contribution in [1.29, 1.82) is 0 Å². The summed E-state index contributed by atoms with van der Waals surface area (Å²) in [6.07, 6.45) is 9.55. The molecule has 3 rings (SSSR count). The molecule has 0 atom stereocenters. The molecule has 5 nitrogen and oxygen atoms in total. The van der Waals surface area contributed by atoms with Gasteiger partial charge in [-0.25, -0.2) is 0 Å². The Morgan fingerprint density at radius 1 is 1.35 bits per heavy atom. The van der Waals surface area contributed by atoms with Crippen LogP contribution >= 0.6 is 0 Å². The SMILES string of the molecule is CN(CCc1cnn(C)c1)C1CCC2(CC1)OCCO2. The molecule has 1 aliphatic heterocycles. The van der Waals surface area contributed by atoms with Crippen molar-refractivity contribution in [2.75, 3.05) is 26.8 Å². The number of hydrogen-bond acceptors (Lipinski definition) is 4. The topological polar surface area (TPSA) is 39.5 Å². The van der Waals surface area contributed by atoms with Crippen LogP contribution in [0.2, 0.25) is 0 Å². The van der Waals surface area contributed by atoms with E-state index >= 15 is 0 Å². The fourth-order valence-corrected chi connectivity index (χ4v) is 3.36. The van der Waals surface area contributed by atoms with Gasteiger partial charge in [0, 0.05) is 38.7 Å². The van der Waals surface area contributed by atoms with Crippen molar-refractivity contribution in [3.63, 3.8) is 0 Å². The maximum atomic E-state index is 5.79. The lowest BCUT2D eigenvalue weighted by Gasteiger charge is -2.39. The third-order valence-corrected chi connectivity index (χ3v) is 4.67. The third kappa shape index (κ3) is 3.05. The van der Waals surface area contributed by atoms with Gasteiger partial charge >= 0.3 is 0 Å². The molecule has 1 aromatic rings. The summed E-state index contributed by atoms with van der Waals surface area (Å²) in [5.74, 6) is -0.235. The quantitative estimate of drug-likeness (QED) is 0.839. The van der Waals surface area contributed by atoms with E-state index in [-0.39, 0.29) is 5.79 Å². The number of ether oxygens (including phenoxy) is 2. The molecule has 1 saturated heterocycles. The number of hydrogen-bond donors (Lipinski definition) is 0. The molecule has 5 heteroatoms. The lowest BCUT2D eigenvalue weighted by atomic mass is 9.89. The molecule has 2 fully saturated rings. The van der Waals surface area contributed by atoms with E-state index in [1.165, 1.54) is 18.4 Å². The van der Waals surface area contributed by atoms with Crippen LogP contribution in [0.5, 0.6) is 0 Å². The summed E-state index contributed by atoms with van der Waals surface area (Å²) in [7, 11) is 4.20. The van der Waals surface area contributed by atoms with Crippen molar-refractivity contribution in [2.24, 2.45) is 7.05 Å². The van der Waals surface area contributed by atoms with Crippen LogP contribution in [-0.4, -0.2) is 53.3 Å². The van der Waals surface area contributed by atoms with Crippen molar-refractivity contribution >= 4 is 0 Å². The van der Waals surface area contributed by atoms with Gasteiger partial charge in [-0.15, -0.1) is 0 Å². The highest BCUT2D eigenvalue weighted by molar-refractivity contribution is 5.04. The molecular formula is C15H25N3O2. The van der Waals surface area contributed by atoms with Crippen molar-refractivity contribution in [1.82, 2.24) is 14.7 Å². The first-order valence-electron chi connectivity index (χ1n) is 7.63. The van der Waals surface area contributed by atoms with Gasteiger partial charge in [0.05, 0.1) is 19.4 Å². The zero-order valence-corrected chi connectivity index (χ0v) is 12.5. The first-order valence-corrected chi connectivity index (χ1v) is 7.63. The smallest absolute Gasteiger partial charge is 0.168 e. The lowest BCUT2D eigenvalue weighted by Crippen LogP contribution is -2.43. The van der Waals surface area contributed by atoms with E-state index in [1.54, 1.807) is 0 Å². The van der Waals surface area contributed by atoms with Crippen molar-refractivity contribution in [3.05, 3.63) is 18.0 Å². The highest BCUT2D eigenvalue weighted by Gasteiger charge is 2.40. The molecule has 20 heavy (non-hydrogen) atoms. The van der Waals surface area contributed by atoms with Gasteiger partial charge in [-0.2, -0.15) is 5.10 Å². The van der Waals surface area contributed by atoms with Crippen LogP contribution in [-0.2, 0) is 22.9 Å². The second-order valence-electron chi connectivity index (χ2n) is 6.09. The highest BCUT2D eigenvalue weighted by Crippen LogP contribution is 2.37. The van der Waals surface area contributed by atoms with Crippen LogP contribution in [0.4, 0.5) is 0 Å². The Labute approximate surface area is 120 Å². The van der Waals surface area contributed by atoms with Crippen LogP contribution in [0, 0.1) is 0 Å². The average Bonchev–Trinajstić information content (AvgIpc) is 3.07. The van der Waals surface area contributed by atoms with Gasteiger partial charge in [0.15, 0.2) is 5.79 Å². The van der Waals surface area contributed by atoms with Gasteiger partial charge in [0.25, 0.3) is 0 Å². The molecule has 1 aliphatic carbocycles. The molecule has 112 valence electrons. The molecule has 0 radical (unpaired) electrons. The molecule has 1 spiro atoms. The fraction of sp³-hybridized carbons (Fsp3) is 0.800. The van der Waals surface area contributed by atoms with E-state index in [2.05, 4.69) is 23.2 Å². The minimum Gasteiger partial charge on any atom is -0.348 e. The average molecular weight is 279 g/mol. The molecule has 2 heterocycles. The summed E-state index contributed by atoms with van der Waals surface area (Å²) in [5, 5.41) is 4.22. The van der Waals surface area contributed by atoms with Crippen molar-refractivity contribution in [2.45, 2.75) is 43.9 Å². The number of aromatic nitrogens is 2. The Morgan fingerprint density at radius 2 is 2.05 bits per heavy atom. The molecule has 2 aliphatic rings. The maximum absolute atomic E-state index is 5.79. The molecule has 0 unspecified atom stereocenters. The van der Waals surface area contributed by atoms with E-state index in [9.17, 15) is 0 Å². The van der Waals surface area contributed by atoms with Gasteiger partial charge in [-0.05, 0) is 31.9 Å². The van der Waals surface area contributed by atoms with E-state index in [4.69, 9.17) is 9.47 Å². The molecular weight excluding hydrogens is 254 g/mol. The largest absolute Gasteiger partial charge is 0.348 e. The molecule has 1 aromatic heterocycles. The fourth-order valence-electron chi connectivity index (χ4n) is 3.36. The molecule has 0 bridgehead atoms. The second-order valence-corrected chi connectivity index (χ2v) is 6.09. The maximum Gasteiger partial charge on any atom is 0.168 e. The first kappa shape index (κ1) is 14.0. The second kappa shape index (κ2) is 5.84. The summed E-state index contributed by atoms with van der Waals surface area (Å²) in [6, 6.07) is 0.657. The minimum absolute atomic E-state index is 0.235. The minimum atomic E-state index is -0.235. The van der Waals surface area contributed by atoms with Crippen LogP contribution in [0.3, 0.4) is 0 Å². The Balaban J connectivity index is 1.45. The predicted molar refractivity (Wildman–Crippen MR) is 76.4 cm³/mol. The number of aryl methyl sites for hydroxylation is 1.